The number of fused-ring (bicyclic) bond motifs is 4. The molecule has 0 saturated heterocycles. The van der Waals surface area contributed by atoms with Crippen molar-refractivity contribution in [1.82, 2.24) is 15.6 Å². The van der Waals surface area contributed by atoms with Crippen molar-refractivity contribution in [3.63, 3.8) is 0 Å². The van der Waals surface area contributed by atoms with Crippen LogP contribution in [0, 0.1) is 0 Å². The minimum atomic E-state index is -0.291. The summed E-state index contributed by atoms with van der Waals surface area (Å²) in [6.07, 6.45) is 2.59. The lowest BCUT2D eigenvalue weighted by molar-refractivity contribution is -0.116. The number of ether oxygens (including phenoxy) is 3. The molecule has 176 valence electrons. The zero-order valence-corrected chi connectivity index (χ0v) is 18.9. The number of nitrogens with zero attached hydrogens (tertiary/aromatic N) is 1. The van der Waals surface area contributed by atoms with E-state index in [2.05, 4.69) is 20.9 Å². The highest BCUT2D eigenvalue weighted by atomic mass is 16.5. The fourth-order valence-corrected chi connectivity index (χ4v) is 4.35. The highest BCUT2D eigenvalue weighted by Gasteiger charge is 2.49. The highest BCUT2D eigenvalue weighted by Crippen LogP contribution is 2.56. The van der Waals surface area contributed by atoms with Crippen LogP contribution in [0.15, 0.2) is 66.2 Å². The summed E-state index contributed by atoms with van der Waals surface area (Å²) in [6, 6.07) is 14.6. The third-order valence-electron chi connectivity index (χ3n) is 6.21. The van der Waals surface area contributed by atoms with Crippen molar-refractivity contribution < 1.29 is 23.8 Å². The number of allylic oxidation sites excluding steroid dienone is 2. The molecule has 3 aliphatic rings. The number of benzene rings is 2. The number of rotatable bonds is 6. The largest absolute Gasteiger partial charge is 0.497 e. The zero-order chi connectivity index (χ0) is 23.9. The Kier molecular flexibility index (Phi) is 5.02. The minimum Gasteiger partial charge on any atom is -0.497 e. The van der Waals surface area contributed by atoms with Gasteiger partial charge in [-0.1, -0.05) is 12.1 Å². The molecule has 3 N–H and O–H groups in total. The molecule has 0 spiro atoms. The van der Waals surface area contributed by atoms with E-state index in [-0.39, 0.29) is 17.9 Å². The number of hydrogen-bond acceptors (Lipinski definition) is 6. The van der Waals surface area contributed by atoms with Gasteiger partial charge in [0.2, 0.25) is 5.91 Å². The Morgan fingerprint density at radius 3 is 2.80 bits per heavy atom. The van der Waals surface area contributed by atoms with Gasteiger partial charge in [-0.2, -0.15) is 0 Å². The van der Waals surface area contributed by atoms with E-state index in [4.69, 9.17) is 14.2 Å². The number of urea groups is 1. The van der Waals surface area contributed by atoms with E-state index in [9.17, 15) is 9.59 Å². The summed E-state index contributed by atoms with van der Waals surface area (Å²) in [5.74, 6) is 4.00. The number of aromatic nitrogens is 1. The van der Waals surface area contributed by atoms with Crippen LogP contribution in [0.4, 0.5) is 10.6 Å². The second-order valence-electron chi connectivity index (χ2n) is 8.45. The van der Waals surface area contributed by atoms with E-state index in [1.165, 1.54) is 0 Å². The number of amides is 3. The molecule has 3 aromatic rings. The Labute approximate surface area is 201 Å². The van der Waals surface area contributed by atoms with Gasteiger partial charge >= 0.3 is 6.03 Å². The average molecular weight is 470 g/mol. The Morgan fingerprint density at radius 2 is 1.97 bits per heavy atom. The highest BCUT2D eigenvalue weighted by molar-refractivity contribution is 5.93. The average Bonchev–Trinajstić information content (AvgIpc) is 3.39. The molecular weight excluding hydrogens is 448 g/mol. The van der Waals surface area contributed by atoms with E-state index >= 15 is 0 Å². The first-order chi connectivity index (χ1) is 17.1. The summed E-state index contributed by atoms with van der Waals surface area (Å²) in [7, 11) is 1.62. The molecule has 1 atom stereocenters. The van der Waals surface area contributed by atoms with Crippen LogP contribution in [0.3, 0.4) is 0 Å². The number of carbonyl (C=O) groups excluding carboxylic acids is 2. The number of methoxy groups -OCH3 is 1. The van der Waals surface area contributed by atoms with Gasteiger partial charge in [0.15, 0.2) is 0 Å². The van der Waals surface area contributed by atoms with Crippen LogP contribution in [0.1, 0.15) is 29.0 Å². The molecule has 35 heavy (non-hydrogen) atoms. The Balaban J connectivity index is 1.10. The zero-order valence-electron chi connectivity index (χ0n) is 18.9. The maximum absolute atomic E-state index is 12.4. The SMILES string of the molecule is COc1ccc(CNC(=O)NC2=C3Oc4ccc(Oc5ccnc6c5CCC(=O)N6)cc4[C@@H]23)cc1. The standard InChI is InChI=1S/C26H22N4O5/c1-33-15-4-2-14(3-5-15)13-28-26(32)30-23-22-18-12-16(6-8-19(18)35-24(22)23)34-20-10-11-27-25-17(20)7-9-21(31)29-25/h2-6,8,10-12,22H,7,9,13H2,1H3,(H,27,29,31)(H2,28,30,32)/t22-/m0/s1. The predicted octanol–water partition coefficient (Wildman–Crippen LogP) is 3.97. The lowest BCUT2D eigenvalue weighted by Gasteiger charge is -2.19. The molecule has 3 heterocycles. The summed E-state index contributed by atoms with van der Waals surface area (Å²) >= 11 is 0. The monoisotopic (exact) mass is 470 g/mol. The molecule has 9 nitrogen and oxygen atoms in total. The maximum atomic E-state index is 12.4. The number of carbonyl (C=O) groups is 2. The predicted molar refractivity (Wildman–Crippen MR) is 126 cm³/mol. The van der Waals surface area contributed by atoms with Gasteiger partial charge in [-0.25, -0.2) is 9.78 Å². The van der Waals surface area contributed by atoms with E-state index in [0.29, 0.717) is 36.7 Å². The van der Waals surface area contributed by atoms with E-state index < -0.39 is 0 Å². The summed E-state index contributed by atoms with van der Waals surface area (Å²) in [5, 5.41) is 8.53. The first kappa shape index (κ1) is 21.0. The molecule has 0 radical (unpaired) electrons. The first-order valence-corrected chi connectivity index (χ1v) is 11.3. The van der Waals surface area contributed by atoms with E-state index in [0.717, 1.165) is 39.6 Å². The minimum absolute atomic E-state index is 0.0442. The third kappa shape index (κ3) is 4.01. The third-order valence-corrected chi connectivity index (χ3v) is 6.21. The molecule has 0 bridgehead atoms. The molecule has 2 aliphatic heterocycles. The van der Waals surface area contributed by atoms with Crippen molar-refractivity contribution in [1.29, 1.82) is 0 Å². The van der Waals surface area contributed by atoms with Gasteiger partial charge in [0.25, 0.3) is 0 Å². The summed E-state index contributed by atoms with van der Waals surface area (Å²) in [6.45, 7) is 0.398. The summed E-state index contributed by atoms with van der Waals surface area (Å²) in [5.41, 5.74) is 3.55. The lowest BCUT2D eigenvalue weighted by Crippen LogP contribution is -2.33. The van der Waals surface area contributed by atoms with Gasteiger partial charge in [-0.3, -0.25) is 4.79 Å². The van der Waals surface area contributed by atoms with Gasteiger partial charge in [0.1, 0.15) is 34.6 Å². The summed E-state index contributed by atoms with van der Waals surface area (Å²) in [4.78, 5) is 28.3. The van der Waals surface area contributed by atoms with Crippen LogP contribution in [0.2, 0.25) is 0 Å². The lowest BCUT2D eigenvalue weighted by atomic mass is 10.1. The molecular formula is C26H22N4O5. The van der Waals surface area contributed by atoms with Gasteiger partial charge in [-0.05, 0) is 48.4 Å². The van der Waals surface area contributed by atoms with Gasteiger partial charge in [0.05, 0.1) is 18.7 Å². The molecule has 0 unspecified atom stereocenters. The number of anilines is 1. The number of hydrogen-bond donors (Lipinski definition) is 3. The number of nitrogens with one attached hydrogen (secondary N) is 3. The van der Waals surface area contributed by atoms with Crippen molar-refractivity contribution >= 4 is 17.8 Å². The molecule has 0 fully saturated rings. The van der Waals surface area contributed by atoms with Crippen LogP contribution in [-0.2, 0) is 17.8 Å². The fraction of sp³-hybridized carbons (Fsp3) is 0.192. The topological polar surface area (TPSA) is 111 Å². The van der Waals surface area contributed by atoms with Crippen molar-refractivity contribution in [2.24, 2.45) is 0 Å². The van der Waals surface area contributed by atoms with Crippen LogP contribution in [-0.4, -0.2) is 24.0 Å². The van der Waals surface area contributed by atoms with Crippen LogP contribution in [0.5, 0.6) is 23.0 Å². The molecule has 1 aliphatic carbocycles. The smallest absolute Gasteiger partial charge is 0.319 e. The molecule has 9 heteroatoms. The molecule has 0 saturated carbocycles. The van der Waals surface area contributed by atoms with E-state index in [1.807, 2.05) is 42.5 Å². The molecule has 3 amide bonds. The maximum Gasteiger partial charge on any atom is 0.319 e. The molecule has 6 rings (SSSR count). The Hall–Kier alpha value is -4.53. The van der Waals surface area contributed by atoms with Gasteiger partial charge in [-0.15, -0.1) is 0 Å². The Bertz CT molecular complexity index is 1380. The van der Waals surface area contributed by atoms with Crippen molar-refractivity contribution in [3.8, 4) is 23.0 Å². The van der Waals surface area contributed by atoms with Crippen LogP contribution < -0.4 is 30.2 Å². The number of pyridine rings is 1. The first-order valence-electron chi connectivity index (χ1n) is 11.3. The molecule has 2 aromatic carbocycles. The molecule has 1 aromatic heterocycles. The van der Waals surface area contributed by atoms with Gasteiger partial charge < -0.3 is 30.2 Å². The van der Waals surface area contributed by atoms with Crippen LogP contribution >= 0.6 is 0 Å². The normalized spacial score (nSPS) is 16.8. The quantitative estimate of drug-likeness (QED) is 0.503. The van der Waals surface area contributed by atoms with Crippen molar-refractivity contribution in [2.45, 2.75) is 25.3 Å². The van der Waals surface area contributed by atoms with Crippen LogP contribution in [0.25, 0.3) is 0 Å². The second-order valence-corrected chi connectivity index (χ2v) is 8.45. The van der Waals surface area contributed by atoms with Crippen molar-refractivity contribution in [2.75, 3.05) is 12.4 Å². The fourth-order valence-electron chi connectivity index (χ4n) is 4.35. The van der Waals surface area contributed by atoms with Crippen molar-refractivity contribution in [3.05, 3.63) is 82.9 Å². The van der Waals surface area contributed by atoms with E-state index in [1.54, 1.807) is 19.4 Å². The summed E-state index contributed by atoms with van der Waals surface area (Å²) < 4.78 is 17.2. The second kappa shape index (κ2) is 8.35. The Morgan fingerprint density at radius 1 is 1.14 bits per heavy atom. The van der Waals surface area contributed by atoms with Gasteiger partial charge in [0, 0.05) is 30.3 Å².